The molecule has 1 heterocycles. The largest absolute Gasteiger partial charge is 0.396 e. The van der Waals surface area contributed by atoms with E-state index in [1.807, 2.05) is 4.90 Å². The van der Waals surface area contributed by atoms with Crippen LogP contribution in [0.2, 0.25) is 0 Å². The lowest BCUT2D eigenvalue weighted by Gasteiger charge is -2.14. The van der Waals surface area contributed by atoms with Gasteiger partial charge in [0.1, 0.15) is 0 Å². The fourth-order valence-corrected chi connectivity index (χ4v) is 1.61. The summed E-state index contributed by atoms with van der Waals surface area (Å²) in [6.45, 7) is 3.93. The lowest BCUT2D eigenvalue weighted by atomic mass is 10.1. The predicted octanol–water partition coefficient (Wildman–Crippen LogP) is 0.627. The van der Waals surface area contributed by atoms with Crippen LogP contribution in [-0.2, 0) is 4.79 Å². The monoisotopic (exact) mass is 171 g/mol. The van der Waals surface area contributed by atoms with Crippen LogP contribution in [0.15, 0.2) is 0 Å². The number of hydrogen-bond acceptors (Lipinski definition) is 2. The Morgan fingerprint density at radius 1 is 1.67 bits per heavy atom. The summed E-state index contributed by atoms with van der Waals surface area (Å²) < 4.78 is 0. The smallest absolute Gasteiger partial charge is 0.222 e. The van der Waals surface area contributed by atoms with Gasteiger partial charge in [0, 0.05) is 26.1 Å². The fraction of sp³-hybridized carbons (Fsp3) is 0.889. The molecule has 1 atom stereocenters. The average Bonchev–Trinajstić information content (AvgIpc) is 2.43. The number of aliphatic hydroxyl groups excluding tert-OH is 1. The lowest BCUT2D eigenvalue weighted by molar-refractivity contribution is -0.127. The second-order valence-electron chi connectivity index (χ2n) is 3.40. The third-order valence-electron chi connectivity index (χ3n) is 2.46. The maximum absolute atomic E-state index is 11.3. The molecule has 3 heteroatoms. The number of aliphatic hydroxyl groups is 1. The molecule has 0 aromatic heterocycles. The maximum Gasteiger partial charge on any atom is 0.222 e. The Morgan fingerprint density at radius 2 is 2.42 bits per heavy atom. The van der Waals surface area contributed by atoms with Gasteiger partial charge in [-0.15, -0.1) is 0 Å². The molecule has 3 nitrogen and oxygen atoms in total. The molecule has 1 aliphatic rings. The molecule has 70 valence electrons. The zero-order valence-electron chi connectivity index (χ0n) is 7.62. The Kier molecular flexibility index (Phi) is 3.53. The van der Waals surface area contributed by atoms with Crippen molar-refractivity contribution in [1.82, 2.24) is 4.90 Å². The molecule has 1 amide bonds. The lowest BCUT2D eigenvalue weighted by Crippen LogP contribution is -2.26. The molecule has 0 saturated carbocycles. The summed E-state index contributed by atoms with van der Waals surface area (Å²) in [4.78, 5) is 13.2. The van der Waals surface area contributed by atoms with E-state index in [0.29, 0.717) is 18.8 Å². The normalized spacial score (nSPS) is 23.7. The molecule has 0 aromatic carbocycles. The Labute approximate surface area is 73.4 Å². The van der Waals surface area contributed by atoms with E-state index in [1.165, 1.54) is 0 Å². The van der Waals surface area contributed by atoms with Crippen molar-refractivity contribution in [2.24, 2.45) is 5.92 Å². The summed E-state index contributed by atoms with van der Waals surface area (Å²) in [7, 11) is 0. The van der Waals surface area contributed by atoms with Crippen LogP contribution in [0.1, 0.15) is 26.2 Å². The first-order valence-electron chi connectivity index (χ1n) is 4.66. The minimum Gasteiger partial charge on any atom is -0.396 e. The van der Waals surface area contributed by atoms with Crippen LogP contribution in [0.5, 0.6) is 0 Å². The third kappa shape index (κ3) is 2.21. The highest BCUT2D eigenvalue weighted by atomic mass is 16.3. The highest BCUT2D eigenvalue weighted by molar-refractivity contribution is 5.78. The van der Waals surface area contributed by atoms with Gasteiger partial charge in [0.15, 0.2) is 0 Å². The molecule has 1 aliphatic heterocycles. The fourth-order valence-electron chi connectivity index (χ4n) is 1.61. The second kappa shape index (κ2) is 4.45. The summed E-state index contributed by atoms with van der Waals surface area (Å²) in [5, 5.41) is 8.60. The van der Waals surface area contributed by atoms with Gasteiger partial charge in [-0.2, -0.15) is 0 Å². The van der Waals surface area contributed by atoms with Crippen molar-refractivity contribution in [1.29, 1.82) is 0 Å². The van der Waals surface area contributed by atoms with E-state index in [2.05, 4.69) is 6.92 Å². The van der Waals surface area contributed by atoms with Crippen LogP contribution in [0.3, 0.4) is 0 Å². The molecule has 0 spiro atoms. The first-order valence-corrected chi connectivity index (χ1v) is 4.66. The zero-order valence-corrected chi connectivity index (χ0v) is 7.62. The van der Waals surface area contributed by atoms with Gasteiger partial charge >= 0.3 is 0 Å². The number of likely N-dealkylation sites (tertiary alicyclic amines) is 1. The van der Waals surface area contributed by atoms with Crippen LogP contribution in [0.4, 0.5) is 0 Å². The quantitative estimate of drug-likeness (QED) is 0.674. The summed E-state index contributed by atoms with van der Waals surface area (Å²) in [5.74, 6) is 0.812. The van der Waals surface area contributed by atoms with Crippen molar-refractivity contribution in [3.05, 3.63) is 0 Å². The summed E-state index contributed by atoms with van der Waals surface area (Å²) in [6, 6.07) is 0. The van der Waals surface area contributed by atoms with Crippen LogP contribution in [-0.4, -0.2) is 35.6 Å². The minimum absolute atomic E-state index is 0.181. The molecule has 12 heavy (non-hydrogen) atoms. The number of carbonyl (C=O) groups excluding carboxylic acids is 1. The Hall–Kier alpha value is -0.570. The van der Waals surface area contributed by atoms with Crippen molar-refractivity contribution in [2.45, 2.75) is 26.2 Å². The first-order chi connectivity index (χ1) is 5.77. The number of carbonyl (C=O) groups is 1. The van der Waals surface area contributed by atoms with E-state index in [1.54, 1.807) is 0 Å². The second-order valence-corrected chi connectivity index (χ2v) is 3.40. The molecule has 0 aromatic rings. The summed E-state index contributed by atoms with van der Waals surface area (Å²) in [5.41, 5.74) is 0. The van der Waals surface area contributed by atoms with Gasteiger partial charge in [0.25, 0.3) is 0 Å². The van der Waals surface area contributed by atoms with E-state index in [4.69, 9.17) is 5.11 Å². The van der Waals surface area contributed by atoms with Crippen molar-refractivity contribution < 1.29 is 9.90 Å². The molecule has 1 N–H and O–H groups in total. The van der Waals surface area contributed by atoms with Crippen LogP contribution in [0, 0.1) is 5.92 Å². The van der Waals surface area contributed by atoms with Gasteiger partial charge in [-0.05, 0) is 12.3 Å². The number of rotatable bonds is 4. The van der Waals surface area contributed by atoms with Gasteiger partial charge in [-0.1, -0.05) is 13.3 Å². The summed E-state index contributed by atoms with van der Waals surface area (Å²) in [6.07, 6.45) is 2.51. The molecular formula is C9H17NO2. The molecule has 1 rings (SSSR count). The van der Waals surface area contributed by atoms with Crippen LogP contribution >= 0.6 is 0 Å². The van der Waals surface area contributed by atoms with Gasteiger partial charge in [-0.3, -0.25) is 4.79 Å². The molecule has 1 unspecified atom stereocenters. The Balaban J connectivity index is 2.31. The average molecular weight is 171 g/mol. The van der Waals surface area contributed by atoms with Crippen molar-refractivity contribution in [3.8, 4) is 0 Å². The van der Waals surface area contributed by atoms with E-state index < -0.39 is 0 Å². The van der Waals surface area contributed by atoms with Gasteiger partial charge in [0.05, 0.1) is 0 Å². The molecule has 1 fully saturated rings. The van der Waals surface area contributed by atoms with Crippen molar-refractivity contribution in [3.63, 3.8) is 0 Å². The highest BCUT2D eigenvalue weighted by Gasteiger charge is 2.27. The number of amides is 1. The SMILES string of the molecule is CCC1CC(=O)N(CCCO)C1. The number of nitrogens with zero attached hydrogens (tertiary/aromatic N) is 1. The van der Waals surface area contributed by atoms with E-state index in [0.717, 1.165) is 19.5 Å². The zero-order chi connectivity index (χ0) is 8.97. The van der Waals surface area contributed by atoms with Crippen molar-refractivity contribution in [2.75, 3.05) is 19.7 Å². The van der Waals surface area contributed by atoms with E-state index >= 15 is 0 Å². The highest BCUT2D eigenvalue weighted by Crippen LogP contribution is 2.20. The number of hydrogen-bond donors (Lipinski definition) is 1. The van der Waals surface area contributed by atoms with Gasteiger partial charge in [-0.25, -0.2) is 0 Å². The van der Waals surface area contributed by atoms with Crippen LogP contribution in [0.25, 0.3) is 0 Å². The third-order valence-corrected chi connectivity index (χ3v) is 2.46. The van der Waals surface area contributed by atoms with E-state index in [9.17, 15) is 4.79 Å². The summed E-state index contributed by atoms with van der Waals surface area (Å²) >= 11 is 0. The molecule has 1 saturated heterocycles. The standard InChI is InChI=1S/C9H17NO2/c1-2-8-6-9(12)10(7-8)4-3-5-11/h8,11H,2-7H2,1H3. The Morgan fingerprint density at radius 3 is 2.92 bits per heavy atom. The molecule has 0 bridgehead atoms. The first kappa shape index (κ1) is 9.52. The Bertz CT molecular complexity index is 159. The molecule has 0 radical (unpaired) electrons. The molecule has 0 aliphatic carbocycles. The predicted molar refractivity (Wildman–Crippen MR) is 46.7 cm³/mol. The van der Waals surface area contributed by atoms with E-state index in [-0.39, 0.29) is 12.5 Å². The maximum atomic E-state index is 11.3. The minimum atomic E-state index is 0.181. The van der Waals surface area contributed by atoms with Gasteiger partial charge in [0.2, 0.25) is 5.91 Å². The van der Waals surface area contributed by atoms with Gasteiger partial charge < -0.3 is 10.0 Å². The van der Waals surface area contributed by atoms with Crippen LogP contribution < -0.4 is 0 Å². The van der Waals surface area contributed by atoms with Crippen molar-refractivity contribution >= 4 is 5.91 Å². The molecular weight excluding hydrogens is 154 g/mol. The topological polar surface area (TPSA) is 40.5 Å².